The van der Waals surface area contributed by atoms with Gasteiger partial charge in [-0.15, -0.1) is 0 Å². The Hall–Kier alpha value is -0.855. The van der Waals surface area contributed by atoms with E-state index in [-0.39, 0.29) is 5.82 Å². The van der Waals surface area contributed by atoms with Gasteiger partial charge in [0.05, 0.1) is 0 Å². The zero-order valence-electron chi connectivity index (χ0n) is 5.48. The van der Waals surface area contributed by atoms with E-state index in [0.29, 0.717) is 5.59 Å². The Kier molecular flexibility index (Phi) is 1.51. The Morgan fingerprint density at radius 2 is 2.33 bits per heavy atom. The molecule has 1 rings (SSSR count). The normalized spacial score (nSPS) is 9.56. The van der Waals surface area contributed by atoms with Gasteiger partial charge in [-0.25, -0.2) is 4.39 Å². The lowest BCUT2D eigenvalue weighted by atomic mass is 10.0. The second-order valence-corrected chi connectivity index (χ2v) is 2.08. The number of halogens is 1. The van der Waals surface area contributed by atoms with E-state index in [9.17, 15) is 4.39 Å². The van der Waals surface area contributed by atoms with Crippen LogP contribution in [-0.4, -0.2) is 12.8 Å². The molecule has 1 aromatic rings. The number of rotatable bonds is 0. The molecule has 0 aliphatic carbocycles. The van der Waals surface area contributed by atoms with Crippen molar-refractivity contribution in [2.24, 2.45) is 0 Å². The van der Waals surface area contributed by atoms with E-state index in [1.807, 2.05) is 6.92 Å². The molecule has 0 saturated heterocycles. The molecule has 0 radical (unpaired) electrons. The second kappa shape index (κ2) is 2.17. The molecule has 0 N–H and O–H groups in total. The van der Waals surface area contributed by atoms with Crippen LogP contribution in [0.5, 0.6) is 0 Å². The number of aromatic nitrogens is 1. The maximum absolute atomic E-state index is 12.5. The van der Waals surface area contributed by atoms with Crippen molar-refractivity contribution in [2.75, 3.05) is 0 Å². The highest BCUT2D eigenvalue weighted by Crippen LogP contribution is 1.94. The Morgan fingerprint density at radius 3 is 2.78 bits per heavy atom. The first kappa shape index (κ1) is 6.27. The quantitative estimate of drug-likeness (QED) is 0.435. The minimum Gasteiger partial charge on any atom is -0.269 e. The van der Waals surface area contributed by atoms with Crippen LogP contribution in [0, 0.1) is 12.7 Å². The van der Waals surface area contributed by atoms with Crippen molar-refractivity contribution in [1.82, 2.24) is 4.98 Å². The van der Waals surface area contributed by atoms with Gasteiger partial charge in [0.1, 0.15) is 5.82 Å². The maximum atomic E-state index is 12.5. The summed E-state index contributed by atoms with van der Waals surface area (Å²) in [7, 11) is 1.65. The summed E-state index contributed by atoms with van der Waals surface area (Å²) in [6.45, 7) is 1.82. The largest absolute Gasteiger partial charge is 0.269 e. The first-order chi connectivity index (χ1) is 4.20. The minimum atomic E-state index is -0.227. The van der Waals surface area contributed by atoms with E-state index in [2.05, 4.69) is 4.98 Å². The Labute approximate surface area is 54.3 Å². The van der Waals surface area contributed by atoms with E-state index >= 15 is 0 Å². The van der Waals surface area contributed by atoms with Crippen molar-refractivity contribution in [1.29, 1.82) is 0 Å². The van der Waals surface area contributed by atoms with Gasteiger partial charge in [-0.05, 0) is 18.6 Å². The Balaban J connectivity index is 3.17. The highest BCUT2D eigenvalue weighted by Gasteiger charge is 1.94. The molecule has 1 heterocycles. The molecule has 0 fully saturated rings. The average Bonchev–Trinajstić information content (AvgIpc) is 1.80. The molecule has 3 heteroatoms. The van der Waals surface area contributed by atoms with Crippen LogP contribution in [-0.2, 0) is 0 Å². The third-order valence-electron chi connectivity index (χ3n) is 1.16. The smallest absolute Gasteiger partial charge is 0.167 e. The molecule has 1 nitrogen and oxygen atoms in total. The minimum absolute atomic E-state index is 0.227. The molecule has 0 atom stereocenters. The number of nitrogens with zero attached hydrogens (tertiary/aromatic N) is 1. The van der Waals surface area contributed by atoms with Gasteiger partial charge in [-0.2, -0.15) is 0 Å². The van der Waals surface area contributed by atoms with Crippen LogP contribution in [0.15, 0.2) is 12.3 Å². The van der Waals surface area contributed by atoms with Crippen LogP contribution in [0.4, 0.5) is 4.39 Å². The molecule has 9 heavy (non-hydrogen) atoms. The molecular weight excluding hydrogens is 116 g/mol. The molecule has 0 amide bonds. The predicted octanol–water partition coefficient (Wildman–Crippen LogP) is -0.212. The molecular formula is C6H7BFN. The van der Waals surface area contributed by atoms with Gasteiger partial charge < -0.3 is 0 Å². The molecule has 0 bridgehead atoms. The number of aryl methyl sites for hydroxylation is 1. The van der Waals surface area contributed by atoms with Crippen LogP contribution < -0.4 is 5.59 Å². The SMILES string of the molecule is Bc1ncc(C)cc1F. The van der Waals surface area contributed by atoms with E-state index in [1.54, 1.807) is 14.0 Å². The van der Waals surface area contributed by atoms with Crippen molar-refractivity contribution >= 4 is 13.4 Å². The monoisotopic (exact) mass is 123 g/mol. The first-order valence-electron chi connectivity index (χ1n) is 2.79. The predicted molar refractivity (Wildman–Crippen MR) is 37.1 cm³/mol. The third-order valence-corrected chi connectivity index (χ3v) is 1.16. The second-order valence-electron chi connectivity index (χ2n) is 2.08. The van der Waals surface area contributed by atoms with Crippen LogP contribution in [0.1, 0.15) is 5.56 Å². The molecule has 0 unspecified atom stereocenters. The summed E-state index contributed by atoms with van der Waals surface area (Å²) < 4.78 is 12.5. The molecule has 0 aliphatic heterocycles. The van der Waals surface area contributed by atoms with Gasteiger partial charge in [-0.3, -0.25) is 4.98 Å². The fourth-order valence-corrected chi connectivity index (χ4v) is 0.602. The van der Waals surface area contributed by atoms with Gasteiger partial charge in [0.15, 0.2) is 7.85 Å². The van der Waals surface area contributed by atoms with Crippen LogP contribution in [0.3, 0.4) is 0 Å². The molecule has 46 valence electrons. The van der Waals surface area contributed by atoms with Crippen LogP contribution in [0.2, 0.25) is 0 Å². The van der Waals surface area contributed by atoms with E-state index in [1.165, 1.54) is 6.07 Å². The standard InChI is InChI=1S/C6H7BFN/c1-4-2-5(8)6(7)9-3-4/h2-3H,7H2,1H3. The van der Waals surface area contributed by atoms with Gasteiger partial charge >= 0.3 is 0 Å². The number of pyridine rings is 1. The highest BCUT2D eigenvalue weighted by molar-refractivity contribution is 6.30. The van der Waals surface area contributed by atoms with E-state index in [4.69, 9.17) is 0 Å². The van der Waals surface area contributed by atoms with Crippen LogP contribution in [0.25, 0.3) is 0 Å². The number of hydrogen-bond donors (Lipinski definition) is 0. The summed E-state index contributed by atoms with van der Waals surface area (Å²) in [6.07, 6.45) is 1.65. The summed E-state index contributed by atoms with van der Waals surface area (Å²) in [5, 5.41) is 0. The fraction of sp³-hybridized carbons (Fsp3) is 0.167. The van der Waals surface area contributed by atoms with Crippen molar-refractivity contribution in [3.8, 4) is 0 Å². The highest BCUT2D eigenvalue weighted by atomic mass is 19.1. The van der Waals surface area contributed by atoms with Crippen molar-refractivity contribution in [2.45, 2.75) is 6.92 Å². The summed E-state index contributed by atoms with van der Waals surface area (Å²) in [4.78, 5) is 3.80. The summed E-state index contributed by atoms with van der Waals surface area (Å²) in [5.74, 6) is -0.227. The van der Waals surface area contributed by atoms with Gasteiger partial charge in [-0.1, -0.05) is 0 Å². The average molecular weight is 123 g/mol. The molecule has 0 aliphatic rings. The van der Waals surface area contributed by atoms with Crippen molar-refractivity contribution in [3.63, 3.8) is 0 Å². The van der Waals surface area contributed by atoms with Gasteiger partial charge in [0.25, 0.3) is 0 Å². The summed E-state index contributed by atoms with van der Waals surface area (Å²) >= 11 is 0. The van der Waals surface area contributed by atoms with Crippen molar-refractivity contribution in [3.05, 3.63) is 23.6 Å². The number of hydrogen-bond acceptors (Lipinski definition) is 1. The zero-order valence-corrected chi connectivity index (χ0v) is 5.48. The van der Waals surface area contributed by atoms with E-state index in [0.717, 1.165) is 5.56 Å². The van der Waals surface area contributed by atoms with Crippen LogP contribution >= 0.6 is 0 Å². The lowest BCUT2D eigenvalue weighted by Crippen LogP contribution is -2.12. The summed E-state index contributed by atoms with van der Waals surface area (Å²) in [5.41, 5.74) is 1.32. The maximum Gasteiger partial charge on any atom is 0.167 e. The lowest BCUT2D eigenvalue weighted by Gasteiger charge is -1.94. The molecule has 0 aromatic carbocycles. The fourth-order valence-electron chi connectivity index (χ4n) is 0.602. The van der Waals surface area contributed by atoms with Gasteiger partial charge in [0, 0.05) is 11.8 Å². The Morgan fingerprint density at radius 1 is 1.67 bits per heavy atom. The van der Waals surface area contributed by atoms with Crippen molar-refractivity contribution < 1.29 is 4.39 Å². The lowest BCUT2D eigenvalue weighted by molar-refractivity contribution is 0.630. The Bertz CT molecular complexity index is 224. The van der Waals surface area contributed by atoms with E-state index < -0.39 is 0 Å². The third kappa shape index (κ3) is 1.28. The first-order valence-corrected chi connectivity index (χ1v) is 2.79. The topological polar surface area (TPSA) is 12.9 Å². The summed E-state index contributed by atoms with van der Waals surface area (Å²) in [6, 6.07) is 1.47. The molecule has 0 saturated carbocycles. The molecule has 1 aromatic heterocycles. The molecule has 0 spiro atoms. The zero-order chi connectivity index (χ0) is 6.85. The van der Waals surface area contributed by atoms with Gasteiger partial charge in [0.2, 0.25) is 0 Å².